The summed E-state index contributed by atoms with van der Waals surface area (Å²) in [5.41, 5.74) is 11.0. The van der Waals surface area contributed by atoms with Gasteiger partial charge in [-0.1, -0.05) is 151 Å². The molecule has 1 aliphatic heterocycles. The maximum atomic E-state index is 5.12. The molecule has 0 radical (unpaired) electrons. The molecule has 266 valence electrons. The lowest BCUT2D eigenvalue weighted by Gasteiger charge is -2.22. The standard InChI is InChI=1S/C51H31N5S/c1-3-14-33(15-4-1)48-52-49(54-50(53-48)38-26-25-32-13-7-8-16-34(32)29-38)37-18-11-17-35(30-37)36-27-28-44-43(31-36)56-47-41(22-12-24-45(47)57-44)46-40-21-9-10-23-42(40)55(51(46)56)39-19-5-2-6-20-39/h1-31H. The van der Waals surface area contributed by atoms with E-state index in [4.69, 9.17) is 15.0 Å². The largest absolute Gasteiger partial charge is 0.295 e. The number of aromatic nitrogens is 5. The Kier molecular flexibility index (Phi) is 7.09. The second-order valence-electron chi connectivity index (χ2n) is 14.5. The average molecular weight is 746 g/mol. The Morgan fingerprint density at radius 1 is 0.386 bits per heavy atom. The van der Waals surface area contributed by atoms with Gasteiger partial charge in [0.2, 0.25) is 0 Å². The normalized spacial score (nSPS) is 12.1. The van der Waals surface area contributed by atoms with E-state index in [2.05, 4.69) is 179 Å². The summed E-state index contributed by atoms with van der Waals surface area (Å²) in [6.07, 6.45) is 0. The minimum Gasteiger partial charge on any atom is -0.295 e. The maximum absolute atomic E-state index is 5.12. The molecule has 0 saturated heterocycles. The van der Waals surface area contributed by atoms with Crippen molar-refractivity contribution in [2.24, 2.45) is 0 Å². The van der Waals surface area contributed by atoms with Crippen LogP contribution in [-0.4, -0.2) is 24.1 Å². The average Bonchev–Trinajstić information content (AvgIpc) is 3.81. The number of benzene rings is 8. The van der Waals surface area contributed by atoms with Gasteiger partial charge in [0.1, 0.15) is 5.65 Å². The molecule has 0 fully saturated rings. The monoisotopic (exact) mass is 745 g/mol. The Morgan fingerprint density at radius 3 is 1.84 bits per heavy atom. The Bertz CT molecular complexity index is 3380. The highest BCUT2D eigenvalue weighted by atomic mass is 32.2. The van der Waals surface area contributed by atoms with E-state index < -0.39 is 0 Å². The van der Waals surface area contributed by atoms with Crippen LogP contribution in [-0.2, 0) is 0 Å². The summed E-state index contributed by atoms with van der Waals surface area (Å²) in [7, 11) is 0. The molecule has 3 aromatic heterocycles. The van der Waals surface area contributed by atoms with E-state index >= 15 is 0 Å². The molecule has 0 saturated carbocycles. The SMILES string of the molecule is c1ccc(-c2nc(-c3cccc(-c4ccc5c(c4)-n4c6c(cccc6c6c7ccccc7n(-c7ccccc7)c64)S5)c3)nc(-c3ccc4ccccc4c3)n2)cc1. The van der Waals surface area contributed by atoms with Crippen LogP contribution in [0, 0.1) is 0 Å². The Morgan fingerprint density at radius 2 is 1.00 bits per heavy atom. The minimum absolute atomic E-state index is 0.637. The lowest BCUT2D eigenvalue weighted by atomic mass is 10.0. The van der Waals surface area contributed by atoms with Gasteiger partial charge in [0, 0.05) is 48.3 Å². The van der Waals surface area contributed by atoms with Crippen molar-refractivity contribution in [1.29, 1.82) is 0 Å². The number of fused-ring (bicyclic) bond motifs is 8. The van der Waals surface area contributed by atoms with Crippen molar-refractivity contribution >= 4 is 55.4 Å². The lowest BCUT2D eigenvalue weighted by Crippen LogP contribution is -2.06. The Hall–Kier alpha value is -7.28. The molecule has 57 heavy (non-hydrogen) atoms. The third-order valence-electron chi connectivity index (χ3n) is 11.1. The third kappa shape index (κ3) is 5.08. The van der Waals surface area contributed by atoms with Crippen molar-refractivity contribution in [2.75, 3.05) is 0 Å². The van der Waals surface area contributed by atoms with Gasteiger partial charge in [-0.15, -0.1) is 0 Å². The molecule has 8 aromatic carbocycles. The van der Waals surface area contributed by atoms with Gasteiger partial charge in [0.15, 0.2) is 17.5 Å². The summed E-state index contributed by atoms with van der Waals surface area (Å²) in [6.45, 7) is 0. The zero-order valence-electron chi connectivity index (χ0n) is 30.5. The number of hydrogen-bond acceptors (Lipinski definition) is 4. The highest BCUT2D eigenvalue weighted by Crippen LogP contribution is 2.50. The molecule has 11 aromatic rings. The van der Waals surface area contributed by atoms with Crippen LogP contribution >= 0.6 is 11.8 Å². The van der Waals surface area contributed by atoms with Gasteiger partial charge in [0.25, 0.3) is 0 Å². The molecule has 0 aliphatic carbocycles. The summed E-state index contributed by atoms with van der Waals surface area (Å²) in [6, 6.07) is 66.7. The number of rotatable bonds is 5. The molecule has 1 aliphatic rings. The molecule has 0 atom stereocenters. The minimum atomic E-state index is 0.637. The van der Waals surface area contributed by atoms with Gasteiger partial charge >= 0.3 is 0 Å². The summed E-state index contributed by atoms with van der Waals surface area (Å²) < 4.78 is 4.93. The van der Waals surface area contributed by atoms with Gasteiger partial charge < -0.3 is 0 Å². The first kappa shape index (κ1) is 32.0. The fourth-order valence-electron chi connectivity index (χ4n) is 8.51. The number of hydrogen-bond donors (Lipinski definition) is 0. The van der Waals surface area contributed by atoms with Crippen LogP contribution in [0.4, 0.5) is 0 Å². The smallest absolute Gasteiger partial charge is 0.164 e. The van der Waals surface area contributed by atoms with Gasteiger partial charge in [-0.05, 0) is 70.4 Å². The molecule has 4 heterocycles. The van der Waals surface area contributed by atoms with Crippen LogP contribution in [0.25, 0.3) is 100 Å². The zero-order valence-corrected chi connectivity index (χ0v) is 31.4. The van der Waals surface area contributed by atoms with Crippen molar-refractivity contribution in [3.8, 4) is 56.7 Å². The quantitative estimate of drug-likeness (QED) is 0.176. The van der Waals surface area contributed by atoms with Crippen LogP contribution in [0.5, 0.6) is 0 Å². The van der Waals surface area contributed by atoms with Crippen LogP contribution < -0.4 is 0 Å². The summed E-state index contributed by atoms with van der Waals surface area (Å²) in [4.78, 5) is 17.7. The molecule has 0 spiro atoms. The molecular formula is C51H31N5S. The van der Waals surface area contributed by atoms with Crippen molar-refractivity contribution in [2.45, 2.75) is 9.79 Å². The van der Waals surface area contributed by atoms with E-state index in [1.807, 2.05) is 30.0 Å². The predicted molar refractivity (Wildman–Crippen MR) is 234 cm³/mol. The van der Waals surface area contributed by atoms with Gasteiger partial charge in [-0.25, -0.2) is 15.0 Å². The van der Waals surface area contributed by atoms with Crippen molar-refractivity contribution in [3.05, 3.63) is 188 Å². The van der Waals surface area contributed by atoms with E-state index in [0.717, 1.165) is 38.9 Å². The molecule has 0 amide bonds. The molecule has 0 unspecified atom stereocenters. The second kappa shape index (κ2) is 12.6. The van der Waals surface area contributed by atoms with Crippen LogP contribution in [0.3, 0.4) is 0 Å². The highest BCUT2D eigenvalue weighted by Gasteiger charge is 2.28. The van der Waals surface area contributed by atoms with E-state index in [0.29, 0.717) is 17.5 Å². The van der Waals surface area contributed by atoms with Crippen molar-refractivity contribution in [1.82, 2.24) is 24.1 Å². The fourth-order valence-corrected chi connectivity index (χ4v) is 9.59. The molecule has 12 rings (SSSR count). The molecule has 0 N–H and O–H groups in total. The van der Waals surface area contributed by atoms with E-state index in [-0.39, 0.29) is 0 Å². The summed E-state index contributed by atoms with van der Waals surface area (Å²) in [5, 5.41) is 6.13. The second-order valence-corrected chi connectivity index (χ2v) is 15.6. The van der Waals surface area contributed by atoms with Crippen LogP contribution in [0.15, 0.2) is 198 Å². The predicted octanol–water partition coefficient (Wildman–Crippen LogP) is 13.2. The third-order valence-corrected chi connectivity index (χ3v) is 12.2. The number of para-hydroxylation sites is 3. The molecular weight excluding hydrogens is 715 g/mol. The first-order valence-electron chi connectivity index (χ1n) is 19.1. The highest BCUT2D eigenvalue weighted by molar-refractivity contribution is 7.99. The first-order chi connectivity index (χ1) is 28.2. The summed E-state index contributed by atoms with van der Waals surface area (Å²) in [5.74, 6) is 1.93. The zero-order chi connectivity index (χ0) is 37.5. The van der Waals surface area contributed by atoms with Gasteiger partial charge in [0.05, 0.1) is 16.7 Å². The van der Waals surface area contributed by atoms with E-state index in [9.17, 15) is 0 Å². The summed E-state index contributed by atoms with van der Waals surface area (Å²) >= 11 is 1.85. The van der Waals surface area contributed by atoms with Crippen molar-refractivity contribution < 1.29 is 0 Å². The van der Waals surface area contributed by atoms with Crippen LogP contribution in [0.1, 0.15) is 0 Å². The van der Waals surface area contributed by atoms with E-state index in [1.165, 1.54) is 53.7 Å². The lowest BCUT2D eigenvalue weighted by molar-refractivity contribution is 1.03. The van der Waals surface area contributed by atoms with Gasteiger partial charge in [-0.3, -0.25) is 9.13 Å². The number of nitrogens with zero attached hydrogens (tertiary/aromatic N) is 5. The van der Waals surface area contributed by atoms with Crippen molar-refractivity contribution in [3.63, 3.8) is 0 Å². The van der Waals surface area contributed by atoms with Gasteiger partial charge in [-0.2, -0.15) is 0 Å². The Labute approximate surface area is 332 Å². The molecule has 5 nitrogen and oxygen atoms in total. The first-order valence-corrected chi connectivity index (χ1v) is 19.9. The Balaban J connectivity index is 1.04. The molecule has 6 heteroatoms. The van der Waals surface area contributed by atoms with Crippen LogP contribution in [0.2, 0.25) is 0 Å². The maximum Gasteiger partial charge on any atom is 0.164 e. The fraction of sp³-hybridized carbons (Fsp3) is 0. The topological polar surface area (TPSA) is 48.5 Å². The molecule has 0 bridgehead atoms. The van der Waals surface area contributed by atoms with E-state index in [1.54, 1.807) is 0 Å².